The van der Waals surface area contributed by atoms with E-state index in [9.17, 15) is 14.3 Å². The SMILES string of the molecule is CNCC(O)C(c1cccc(F)c1)N1C(=O)C(C)(C)c2ccccc21. The lowest BCUT2D eigenvalue weighted by Gasteiger charge is -2.33. The molecule has 0 saturated carbocycles. The van der Waals surface area contributed by atoms with Crippen LogP contribution < -0.4 is 10.2 Å². The zero-order valence-electron chi connectivity index (χ0n) is 14.7. The molecule has 4 nitrogen and oxygen atoms in total. The fraction of sp³-hybridized carbons (Fsp3) is 0.350. The quantitative estimate of drug-likeness (QED) is 0.878. The molecule has 132 valence electrons. The highest BCUT2D eigenvalue weighted by atomic mass is 19.1. The van der Waals surface area contributed by atoms with Crippen molar-refractivity contribution in [3.63, 3.8) is 0 Å². The van der Waals surface area contributed by atoms with Crippen LogP contribution >= 0.6 is 0 Å². The maximum atomic E-state index is 13.8. The van der Waals surface area contributed by atoms with E-state index in [1.807, 2.05) is 38.1 Å². The van der Waals surface area contributed by atoms with Crippen molar-refractivity contribution in [1.29, 1.82) is 0 Å². The Kier molecular flexibility index (Phi) is 4.62. The normalized spacial score (nSPS) is 18.1. The van der Waals surface area contributed by atoms with Gasteiger partial charge in [-0.3, -0.25) is 4.79 Å². The van der Waals surface area contributed by atoms with Gasteiger partial charge < -0.3 is 15.3 Å². The molecule has 2 N–H and O–H groups in total. The molecule has 2 aromatic rings. The Bertz CT molecular complexity index is 791. The van der Waals surface area contributed by atoms with Crippen molar-refractivity contribution in [3.05, 3.63) is 65.5 Å². The van der Waals surface area contributed by atoms with Gasteiger partial charge in [0, 0.05) is 12.2 Å². The molecular weight excluding hydrogens is 319 g/mol. The average molecular weight is 342 g/mol. The number of halogens is 1. The molecule has 0 aliphatic carbocycles. The zero-order chi connectivity index (χ0) is 18.2. The van der Waals surface area contributed by atoms with E-state index in [0.29, 0.717) is 5.56 Å². The van der Waals surface area contributed by atoms with Crippen LogP contribution in [-0.2, 0) is 10.2 Å². The molecule has 1 heterocycles. The van der Waals surface area contributed by atoms with E-state index in [2.05, 4.69) is 5.32 Å². The van der Waals surface area contributed by atoms with E-state index >= 15 is 0 Å². The van der Waals surface area contributed by atoms with Crippen LogP contribution in [0, 0.1) is 5.82 Å². The first-order valence-electron chi connectivity index (χ1n) is 8.39. The summed E-state index contributed by atoms with van der Waals surface area (Å²) in [6.07, 6.45) is -0.877. The summed E-state index contributed by atoms with van der Waals surface area (Å²) in [6, 6.07) is 13.0. The average Bonchev–Trinajstić information content (AvgIpc) is 2.77. The number of carbonyl (C=O) groups excluding carboxylic acids is 1. The Balaban J connectivity index is 2.15. The molecule has 0 spiro atoms. The molecule has 1 amide bonds. The van der Waals surface area contributed by atoms with Gasteiger partial charge in [0.15, 0.2) is 0 Å². The van der Waals surface area contributed by atoms with Gasteiger partial charge in [-0.1, -0.05) is 30.3 Å². The van der Waals surface area contributed by atoms with Crippen molar-refractivity contribution in [2.24, 2.45) is 0 Å². The molecule has 0 aromatic heterocycles. The molecule has 5 heteroatoms. The number of carbonyl (C=O) groups is 1. The van der Waals surface area contributed by atoms with Gasteiger partial charge >= 0.3 is 0 Å². The van der Waals surface area contributed by atoms with Gasteiger partial charge in [-0.25, -0.2) is 4.39 Å². The van der Waals surface area contributed by atoms with Crippen LogP contribution in [0.3, 0.4) is 0 Å². The van der Waals surface area contributed by atoms with Crippen LogP contribution in [0.5, 0.6) is 0 Å². The van der Waals surface area contributed by atoms with Crippen LogP contribution in [0.25, 0.3) is 0 Å². The Morgan fingerprint density at radius 1 is 1.20 bits per heavy atom. The molecule has 0 bridgehead atoms. The number of nitrogens with one attached hydrogen (secondary N) is 1. The fourth-order valence-corrected chi connectivity index (χ4v) is 3.57. The molecule has 2 aromatic carbocycles. The van der Waals surface area contributed by atoms with E-state index < -0.39 is 23.4 Å². The number of hydrogen-bond acceptors (Lipinski definition) is 3. The van der Waals surface area contributed by atoms with Gasteiger partial charge in [0.25, 0.3) is 0 Å². The van der Waals surface area contributed by atoms with Gasteiger partial charge in [0.05, 0.1) is 17.6 Å². The van der Waals surface area contributed by atoms with Gasteiger partial charge in [-0.15, -0.1) is 0 Å². The third kappa shape index (κ3) is 2.94. The number of rotatable bonds is 5. The third-order valence-corrected chi connectivity index (χ3v) is 4.84. The summed E-state index contributed by atoms with van der Waals surface area (Å²) in [5, 5.41) is 13.7. The second-order valence-corrected chi connectivity index (χ2v) is 6.94. The topological polar surface area (TPSA) is 52.6 Å². The van der Waals surface area contributed by atoms with Crippen molar-refractivity contribution in [2.75, 3.05) is 18.5 Å². The van der Waals surface area contributed by atoms with Crippen molar-refractivity contribution in [1.82, 2.24) is 5.32 Å². The fourth-order valence-electron chi connectivity index (χ4n) is 3.57. The second kappa shape index (κ2) is 6.58. The minimum atomic E-state index is -0.877. The molecule has 1 aliphatic rings. The molecule has 0 saturated heterocycles. The summed E-state index contributed by atoms with van der Waals surface area (Å²) in [5.74, 6) is -0.489. The van der Waals surface area contributed by atoms with Crippen molar-refractivity contribution < 1.29 is 14.3 Å². The summed E-state index contributed by atoms with van der Waals surface area (Å²) >= 11 is 0. The highest BCUT2D eigenvalue weighted by molar-refractivity contribution is 6.08. The molecule has 1 aliphatic heterocycles. The number of likely N-dealkylation sites (N-methyl/N-ethyl adjacent to an activating group) is 1. The summed E-state index contributed by atoms with van der Waals surface area (Å²) in [4.78, 5) is 14.8. The zero-order valence-corrected chi connectivity index (χ0v) is 14.7. The van der Waals surface area contributed by atoms with E-state index in [1.165, 1.54) is 12.1 Å². The standard InChI is InChI=1S/C20H23FN2O2/c1-20(2)15-9-4-5-10-16(15)23(19(20)25)18(17(24)12-22-3)13-7-6-8-14(21)11-13/h4-11,17-18,22,24H,12H2,1-3H3. The van der Waals surface area contributed by atoms with Crippen LogP contribution in [0.15, 0.2) is 48.5 Å². The van der Waals surface area contributed by atoms with Crippen LogP contribution in [-0.4, -0.2) is 30.7 Å². The van der Waals surface area contributed by atoms with E-state index in [-0.39, 0.29) is 12.5 Å². The monoisotopic (exact) mass is 342 g/mol. The number of nitrogens with zero attached hydrogens (tertiary/aromatic N) is 1. The van der Waals surface area contributed by atoms with Crippen molar-refractivity contribution in [2.45, 2.75) is 31.4 Å². The first-order valence-corrected chi connectivity index (χ1v) is 8.39. The van der Waals surface area contributed by atoms with Crippen LogP contribution in [0.1, 0.15) is 31.0 Å². The highest BCUT2D eigenvalue weighted by Crippen LogP contribution is 2.46. The highest BCUT2D eigenvalue weighted by Gasteiger charge is 2.47. The summed E-state index contributed by atoms with van der Waals surface area (Å²) in [5.41, 5.74) is 1.56. The van der Waals surface area contributed by atoms with E-state index in [0.717, 1.165) is 11.3 Å². The molecule has 3 rings (SSSR count). The Hall–Kier alpha value is -2.24. The maximum Gasteiger partial charge on any atom is 0.237 e. The predicted octanol–water partition coefficient (Wildman–Crippen LogP) is 2.77. The molecule has 0 fully saturated rings. The van der Waals surface area contributed by atoms with Crippen molar-refractivity contribution in [3.8, 4) is 0 Å². The third-order valence-electron chi connectivity index (χ3n) is 4.84. The molecule has 0 radical (unpaired) electrons. The summed E-state index contributed by atoms with van der Waals surface area (Å²) in [6.45, 7) is 4.04. The molecule has 25 heavy (non-hydrogen) atoms. The van der Waals surface area contributed by atoms with Crippen LogP contribution in [0.2, 0.25) is 0 Å². The van der Waals surface area contributed by atoms with Crippen LogP contribution in [0.4, 0.5) is 10.1 Å². The smallest absolute Gasteiger partial charge is 0.237 e. The lowest BCUT2D eigenvalue weighted by Crippen LogP contribution is -2.45. The number of fused-ring (bicyclic) bond motifs is 1. The minimum absolute atomic E-state index is 0.0990. The lowest BCUT2D eigenvalue weighted by molar-refractivity contribution is -0.123. The largest absolute Gasteiger partial charge is 0.389 e. The van der Waals surface area contributed by atoms with Gasteiger partial charge in [0.2, 0.25) is 5.91 Å². The first kappa shape index (κ1) is 17.6. The number of aliphatic hydroxyl groups excluding tert-OH is 1. The number of para-hydroxylation sites is 1. The lowest BCUT2D eigenvalue weighted by atomic mass is 9.86. The first-order chi connectivity index (χ1) is 11.9. The predicted molar refractivity (Wildman–Crippen MR) is 96.0 cm³/mol. The molecule has 2 atom stereocenters. The van der Waals surface area contributed by atoms with Gasteiger partial charge in [0.1, 0.15) is 5.82 Å². The second-order valence-electron chi connectivity index (χ2n) is 6.94. The van der Waals surface area contributed by atoms with E-state index in [1.54, 1.807) is 24.1 Å². The van der Waals surface area contributed by atoms with Gasteiger partial charge in [-0.05, 0) is 50.2 Å². The van der Waals surface area contributed by atoms with Crippen molar-refractivity contribution >= 4 is 11.6 Å². The maximum absolute atomic E-state index is 13.8. The number of aliphatic hydroxyl groups is 1. The van der Waals surface area contributed by atoms with E-state index in [4.69, 9.17) is 0 Å². The summed E-state index contributed by atoms with van der Waals surface area (Å²) < 4.78 is 13.8. The minimum Gasteiger partial charge on any atom is -0.389 e. The summed E-state index contributed by atoms with van der Waals surface area (Å²) in [7, 11) is 1.73. The number of amides is 1. The number of benzene rings is 2. The Morgan fingerprint density at radius 3 is 2.60 bits per heavy atom. The number of anilines is 1. The number of hydrogen-bond donors (Lipinski definition) is 2. The van der Waals surface area contributed by atoms with Gasteiger partial charge in [-0.2, -0.15) is 0 Å². The Morgan fingerprint density at radius 2 is 1.92 bits per heavy atom. The Labute approximate surface area is 147 Å². The molecule has 2 unspecified atom stereocenters. The molecular formula is C20H23FN2O2.